The maximum atomic E-state index is 10.5. The van der Waals surface area contributed by atoms with Crippen molar-refractivity contribution in [1.82, 2.24) is 0 Å². The molecule has 0 amide bonds. The highest BCUT2D eigenvalue weighted by atomic mass is 31.0. The summed E-state index contributed by atoms with van der Waals surface area (Å²) >= 11 is 0. The lowest BCUT2D eigenvalue weighted by Crippen LogP contribution is -2.02. The van der Waals surface area contributed by atoms with E-state index in [-0.39, 0.29) is 9.90 Å². The third-order valence-electron chi connectivity index (χ3n) is 1.41. The first-order chi connectivity index (χ1) is 3.39. The summed E-state index contributed by atoms with van der Waals surface area (Å²) in [5.41, 5.74) is 0. The Kier molecular flexibility index (Phi) is 4.08. The number of hydrogen-bond acceptors (Lipinski definition) is 1. The van der Waals surface area contributed by atoms with Crippen LogP contribution in [0.25, 0.3) is 0 Å². The monoisotopic (exact) mass is 132 g/mol. The van der Waals surface area contributed by atoms with Crippen LogP contribution in [0.1, 0.15) is 32.1 Å². The fourth-order valence-electron chi connectivity index (χ4n) is 0.946. The van der Waals surface area contributed by atoms with Crippen molar-refractivity contribution >= 4 is 15.7 Å². The molecular weight excluding hydrogens is 119 g/mol. The second-order valence-electron chi connectivity index (χ2n) is 2.10. The van der Waals surface area contributed by atoms with Crippen molar-refractivity contribution in [2.45, 2.75) is 32.1 Å². The Balaban J connectivity index is 0.000000490. The van der Waals surface area contributed by atoms with E-state index < -0.39 is 0 Å². The molecule has 1 aliphatic carbocycles. The highest BCUT2D eigenvalue weighted by molar-refractivity contribution is 6.92. The summed E-state index contributed by atoms with van der Waals surface area (Å²) < 4.78 is 0. The van der Waals surface area contributed by atoms with Gasteiger partial charge in [-0.2, -0.15) is 9.90 Å². The van der Waals surface area contributed by atoms with Gasteiger partial charge in [-0.3, -0.25) is 4.79 Å². The van der Waals surface area contributed by atoms with Crippen molar-refractivity contribution in [3.05, 3.63) is 0 Å². The zero-order valence-corrected chi connectivity index (χ0v) is 6.57. The molecule has 0 aromatic rings. The number of hydrogen-bond donors (Lipinski definition) is 0. The molecule has 1 saturated carbocycles. The molecule has 0 spiro atoms. The van der Waals surface area contributed by atoms with Gasteiger partial charge in [0.25, 0.3) is 0 Å². The SMILES string of the molecule is O=C1CCCCC1.P. The number of Topliss-reactive ketones (excluding diaryl/α,β-unsaturated/α-hetero) is 1. The summed E-state index contributed by atoms with van der Waals surface area (Å²) in [5.74, 6) is 0.464. The Morgan fingerprint density at radius 2 is 1.50 bits per heavy atom. The van der Waals surface area contributed by atoms with Gasteiger partial charge in [-0.05, 0) is 12.8 Å². The molecule has 0 radical (unpaired) electrons. The molecule has 0 saturated heterocycles. The molecule has 1 nitrogen and oxygen atoms in total. The topological polar surface area (TPSA) is 17.1 Å². The van der Waals surface area contributed by atoms with Crippen LogP contribution in [0.3, 0.4) is 0 Å². The van der Waals surface area contributed by atoms with Crippen LogP contribution in [-0.2, 0) is 4.79 Å². The van der Waals surface area contributed by atoms with E-state index in [0.29, 0.717) is 5.78 Å². The number of ketones is 1. The van der Waals surface area contributed by atoms with E-state index in [4.69, 9.17) is 0 Å². The maximum Gasteiger partial charge on any atom is 0.132 e. The van der Waals surface area contributed by atoms with E-state index in [1.807, 2.05) is 0 Å². The Labute approximate surface area is 53.5 Å². The third-order valence-corrected chi connectivity index (χ3v) is 1.41. The highest BCUT2D eigenvalue weighted by Gasteiger charge is 2.05. The fraction of sp³-hybridized carbons (Fsp3) is 0.833. The van der Waals surface area contributed by atoms with Crippen LogP contribution >= 0.6 is 9.90 Å². The van der Waals surface area contributed by atoms with E-state index in [9.17, 15) is 4.79 Å². The van der Waals surface area contributed by atoms with Gasteiger partial charge in [0.1, 0.15) is 5.78 Å². The predicted octanol–water partition coefficient (Wildman–Crippen LogP) is 1.58. The molecule has 0 heterocycles. The van der Waals surface area contributed by atoms with E-state index in [1.165, 1.54) is 6.42 Å². The molecule has 1 fully saturated rings. The first-order valence-corrected chi connectivity index (χ1v) is 2.91. The smallest absolute Gasteiger partial charge is 0.132 e. The van der Waals surface area contributed by atoms with Crippen molar-refractivity contribution in [3.8, 4) is 0 Å². The molecule has 8 heavy (non-hydrogen) atoms. The van der Waals surface area contributed by atoms with Crippen molar-refractivity contribution in [2.24, 2.45) is 0 Å². The van der Waals surface area contributed by atoms with Crippen molar-refractivity contribution in [2.75, 3.05) is 0 Å². The highest BCUT2D eigenvalue weighted by Crippen LogP contribution is 2.12. The number of rotatable bonds is 0. The van der Waals surface area contributed by atoms with Gasteiger partial charge in [0.15, 0.2) is 0 Å². The number of carbonyl (C=O) groups is 1. The average Bonchev–Trinajstić information content (AvgIpc) is 1.69. The van der Waals surface area contributed by atoms with E-state index in [0.717, 1.165) is 25.7 Å². The van der Waals surface area contributed by atoms with Crippen LogP contribution in [-0.4, -0.2) is 5.78 Å². The van der Waals surface area contributed by atoms with Gasteiger partial charge in [-0.25, -0.2) is 0 Å². The molecule has 0 N–H and O–H groups in total. The van der Waals surface area contributed by atoms with Crippen LogP contribution < -0.4 is 0 Å². The van der Waals surface area contributed by atoms with Crippen molar-refractivity contribution in [1.29, 1.82) is 0 Å². The predicted molar refractivity (Wildman–Crippen MR) is 39.2 cm³/mol. The summed E-state index contributed by atoms with van der Waals surface area (Å²) in [5, 5.41) is 0. The molecule has 1 atom stereocenters. The van der Waals surface area contributed by atoms with Crippen LogP contribution in [0.2, 0.25) is 0 Å². The molecule has 1 rings (SSSR count). The summed E-state index contributed by atoms with van der Waals surface area (Å²) in [4.78, 5) is 10.5. The number of carbonyl (C=O) groups excluding carboxylic acids is 1. The second-order valence-corrected chi connectivity index (χ2v) is 2.10. The fourth-order valence-corrected chi connectivity index (χ4v) is 0.946. The van der Waals surface area contributed by atoms with E-state index >= 15 is 0 Å². The first-order valence-electron chi connectivity index (χ1n) is 2.91. The summed E-state index contributed by atoms with van der Waals surface area (Å²) in [6, 6.07) is 0. The lowest BCUT2D eigenvalue weighted by molar-refractivity contribution is -0.120. The van der Waals surface area contributed by atoms with Crippen LogP contribution in [0.15, 0.2) is 0 Å². The molecule has 0 aromatic heterocycles. The molecular formula is C6H13OP. The van der Waals surface area contributed by atoms with Crippen molar-refractivity contribution in [3.63, 3.8) is 0 Å². The van der Waals surface area contributed by atoms with Crippen LogP contribution in [0.4, 0.5) is 0 Å². The molecule has 0 aromatic carbocycles. The van der Waals surface area contributed by atoms with Gasteiger partial charge >= 0.3 is 0 Å². The minimum absolute atomic E-state index is 0. The zero-order chi connectivity index (χ0) is 5.11. The van der Waals surface area contributed by atoms with Gasteiger partial charge < -0.3 is 0 Å². The van der Waals surface area contributed by atoms with E-state index in [2.05, 4.69) is 0 Å². The second kappa shape index (κ2) is 4.03. The standard InChI is InChI=1S/C6H10O.H3P/c7-6-4-2-1-3-5-6;/h1-5H2;1H3. The Morgan fingerprint density at radius 3 is 1.75 bits per heavy atom. The molecule has 48 valence electrons. The van der Waals surface area contributed by atoms with Gasteiger partial charge in [0, 0.05) is 12.8 Å². The van der Waals surface area contributed by atoms with Gasteiger partial charge in [0.05, 0.1) is 0 Å². The van der Waals surface area contributed by atoms with E-state index in [1.54, 1.807) is 0 Å². The average molecular weight is 132 g/mol. The Hall–Kier alpha value is 0.100. The Bertz CT molecular complexity index is 72.6. The lowest BCUT2D eigenvalue weighted by Gasteiger charge is -2.05. The lowest BCUT2D eigenvalue weighted by atomic mass is 10.00. The quantitative estimate of drug-likeness (QED) is 0.457. The Morgan fingerprint density at radius 1 is 1.00 bits per heavy atom. The van der Waals surface area contributed by atoms with Crippen LogP contribution in [0.5, 0.6) is 0 Å². The van der Waals surface area contributed by atoms with Gasteiger partial charge in [-0.1, -0.05) is 6.42 Å². The normalized spacial score (nSPS) is 19.8. The first kappa shape index (κ1) is 8.10. The van der Waals surface area contributed by atoms with Crippen molar-refractivity contribution < 1.29 is 4.79 Å². The minimum atomic E-state index is 0. The summed E-state index contributed by atoms with van der Waals surface area (Å²) in [6.45, 7) is 0. The summed E-state index contributed by atoms with van der Waals surface area (Å²) in [7, 11) is 0. The van der Waals surface area contributed by atoms with Gasteiger partial charge in [-0.15, -0.1) is 0 Å². The molecule has 1 aliphatic rings. The molecule has 1 unspecified atom stereocenters. The molecule has 0 aliphatic heterocycles. The van der Waals surface area contributed by atoms with Gasteiger partial charge in [0.2, 0.25) is 0 Å². The largest absolute Gasteiger partial charge is 0.300 e. The minimum Gasteiger partial charge on any atom is -0.300 e. The third kappa shape index (κ3) is 2.42. The molecule has 0 bridgehead atoms. The molecule has 2 heteroatoms. The van der Waals surface area contributed by atoms with Crippen LogP contribution in [0, 0.1) is 0 Å². The zero-order valence-electron chi connectivity index (χ0n) is 5.15. The maximum absolute atomic E-state index is 10.5. The summed E-state index contributed by atoms with van der Waals surface area (Å²) in [6.07, 6.45) is 5.24.